The number of ether oxygens (including phenoxy) is 2. The van der Waals surface area contributed by atoms with Crippen molar-refractivity contribution in [1.82, 2.24) is 5.32 Å². The lowest BCUT2D eigenvalue weighted by Crippen LogP contribution is -2.43. The minimum absolute atomic E-state index is 0.0567. The molecule has 3 aromatic carbocycles. The molecule has 182 valence electrons. The summed E-state index contributed by atoms with van der Waals surface area (Å²) in [6.07, 6.45) is 0.726. The Labute approximate surface area is 209 Å². The quantitative estimate of drug-likeness (QED) is 0.518. The van der Waals surface area contributed by atoms with E-state index in [-0.39, 0.29) is 36.4 Å². The van der Waals surface area contributed by atoms with E-state index in [4.69, 9.17) is 9.47 Å². The first-order valence-electron chi connectivity index (χ1n) is 11.8. The number of allylic oxidation sites excluding steroid dienone is 1. The van der Waals surface area contributed by atoms with Crippen LogP contribution in [0.5, 0.6) is 17.2 Å². The van der Waals surface area contributed by atoms with Crippen LogP contribution in [0.25, 0.3) is 0 Å². The van der Waals surface area contributed by atoms with Crippen LogP contribution in [0.4, 0.5) is 5.69 Å². The number of carbonyl (C=O) groups excluding carboxylic acids is 3. The lowest BCUT2D eigenvalue weighted by molar-refractivity contribution is -0.129. The number of nitrogens with one attached hydrogen (secondary N) is 2. The Kier molecular flexibility index (Phi) is 6.54. The van der Waals surface area contributed by atoms with Gasteiger partial charge in [0.1, 0.15) is 17.2 Å². The van der Waals surface area contributed by atoms with Gasteiger partial charge in [0.2, 0.25) is 11.8 Å². The SMILES string of the molecule is COc1ccc([C@@H]2CC(=O)C3=C(C2)NC(=O)C[C@@H]3C(=O)Nc2ccc(Oc3ccccc3)cc2)cc1. The molecular weight excluding hydrogens is 456 g/mol. The molecule has 3 aromatic rings. The average Bonchev–Trinajstić information content (AvgIpc) is 2.89. The Hall–Kier alpha value is -4.39. The van der Waals surface area contributed by atoms with Crippen molar-refractivity contribution in [2.45, 2.75) is 25.2 Å². The molecule has 7 heteroatoms. The van der Waals surface area contributed by atoms with E-state index < -0.39 is 5.92 Å². The van der Waals surface area contributed by atoms with Gasteiger partial charge in [-0.25, -0.2) is 0 Å². The molecule has 0 spiro atoms. The molecule has 5 rings (SSSR count). The second-order valence-corrected chi connectivity index (χ2v) is 8.93. The Morgan fingerprint density at radius 3 is 2.19 bits per heavy atom. The number of benzene rings is 3. The summed E-state index contributed by atoms with van der Waals surface area (Å²) in [7, 11) is 1.60. The molecule has 2 atom stereocenters. The van der Waals surface area contributed by atoms with Gasteiger partial charge in [0, 0.05) is 29.8 Å². The maximum atomic E-state index is 13.2. The Morgan fingerprint density at radius 1 is 0.833 bits per heavy atom. The van der Waals surface area contributed by atoms with E-state index in [0.29, 0.717) is 34.9 Å². The predicted octanol–water partition coefficient (Wildman–Crippen LogP) is 4.96. The number of carbonyl (C=O) groups is 3. The summed E-state index contributed by atoms with van der Waals surface area (Å²) >= 11 is 0. The fourth-order valence-electron chi connectivity index (χ4n) is 4.76. The van der Waals surface area contributed by atoms with Crippen molar-refractivity contribution in [1.29, 1.82) is 0 Å². The number of rotatable bonds is 6. The molecule has 7 nitrogen and oxygen atoms in total. The zero-order valence-corrected chi connectivity index (χ0v) is 19.8. The van der Waals surface area contributed by atoms with Gasteiger partial charge in [0.25, 0.3) is 0 Å². The molecule has 0 aromatic heterocycles. The van der Waals surface area contributed by atoms with Gasteiger partial charge < -0.3 is 20.1 Å². The van der Waals surface area contributed by atoms with E-state index in [9.17, 15) is 14.4 Å². The van der Waals surface area contributed by atoms with E-state index in [1.807, 2.05) is 54.6 Å². The van der Waals surface area contributed by atoms with E-state index in [2.05, 4.69) is 10.6 Å². The van der Waals surface area contributed by atoms with E-state index in [0.717, 1.165) is 11.3 Å². The number of hydrogen-bond acceptors (Lipinski definition) is 5. The van der Waals surface area contributed by atoms with Crippen molar-refractivity contribution >= 4 is 23.3 Å². The highest BCUT2D eigenvalue weighted by Crippen LogP contribution is 2.39. The van der Waals surface area contributed by atoms with Crippen molar-refractivity contribution in [2.24, 2.45) is 5.92 Å². The summed E-state index contributed by atoms with van der Waals surface area (Å²) in [5.41, 5.74) is 2.53. The van der Waals surface area contributed by atoms with Crippen LogP contribution in [0.1, 0.15) is 30.7 Å². The molecule has 36 heavy (non-hydrogen) atoms. The molecule has 0 bridgehead atoms. The van der Waals surface area contributed by atoms with Gasteiger partial charge in [-0.15, -0.1) is 0 Å². The third-order valence-corrected chi connectivity index (χ3v) is 6.54. The largest absolute Gasteiger partial charge is 0.497 e. The molecule has 0 fully saturated rings. The molecule has 1 aliphatic heterocycles. The molecule has 0 unspecified atom stereocenters. The smallest absolute Gasteiger partial charge is 0.232 e. The maximum Gasteiger partial charge on any atom is 0.232 e. The van der Waals surface area contributed by atoms with Crippen LogP contribution < -0.4 is 20.1 Å². The molecule has 0 radical (unpaired) electrons. The number of amides is 2. The Morgan fingerprint density at radius 2 is 1.50 bits per heavy atom. The Bertz CT molecular complexity index is 1310. The first kappa shape index (κ1) is 23.4. The van der Waals surface area contributed by atoms with Crippen molar-refractivity contribution in [3.05, 3.63) is 95.7 Å². The van der Waals surface area contributed by atoms with Crippen LogP contribution in [-0.2, 0) is 14.4 Å². The van der Waals surface area contributed by atoms with Gasteiger partial charge in [0.15, 0.2) is 5.78 Å². The predicted molar refractivity (Wildman–Crippen MR) is 135 cm³/mol. The number of Topliss-reactive ketones (excluding diaryl/α,β-unsaturated/α-hetero) is 1. The summed E-state index contributed by atoms with van der Waals surface area (Å²) in [4.78, 5) is 38.9. The van der Waals surface area contributed by atoms with Crippen LogP contribution in [0.15, 0.2) is 90.1 Å². The van der Waals surface area contributed by atoms with Crippen LogP contribution in [0, 0.1) is 5.92 Å². The highest BCUT2D eigenvalue weighted by molar-refractivity contribution is 6.09. The number of anilines is 1. The maximum absolute atomic E-state index is 13.2. The lowest BCUT2D eigenvalue weighted by atomic mass is 9.75. The number of hydrogen-bond donors (Lipinski definition) is 2. The van der Waals surface area contributed by atoms with E-state index >= 15 is 0 Å². The standard InChI is InChI=1S/C29H26N2O5/c1-35-21-11-7-18(8-12-21)19-15-25-28(26(32)16-19)24(17-27(33)31-25)29(34)30-20-9-13-23(14-10-20)36-22-5-3-2-4-6-22/h2-14,19,24H,15-17H2,1H3,(H,30,34)(H,31,33)/t19-,24-/m0/s1. The highest BCUT2D eigenvalue weighted by Gasteiger charge is 2.40. The van der Waals surface area contributed by atoms with Crippen molar-refractivity contribution in [3.63, 3.8) is 0 Å². The fourth-order valence-corrected chi connectivity index (χ4v) is 4.76. The average molecular weight is 483 g/mol. The van der Waals surface area contributed by atoms with Gasteiger partial charge >= 0.3 is 0 Å². The molecule has 2 amide bonds. The van der Waals surface area contributed by atoms with Crippen molar-refractivity contribution in [3.8, 4) is 17.2 Å². The van der Waals surface area contributed by atoms with Gasteiger partial charge in [-0.05, 0) is 66.4 Å². The van der Waals surface area contributed by atoms with Crippen LogP contribution in [-0.4, -0.2) is 24.7 Å². The molecule has 0 saturated heterocycles. The first-order chi connectivity index (χ1) is 17.5. The lowest BCUT2D eigenvalue weighted by Gasteiger charge is -2.33. The number of para-hydroxylation sites is 1. The van der Waals surface area contributed by atoms with Crippen molar-refractivity contribution < 1.29 is 23.9 Å². The fraction of sp³-hybridized carbons (Fsp3) is 0.207. The molecule has 2 aliphatic rings. The third-order valence-electron chi connectivity index (χ3n) is 6.54. The second kappa shape index (κ2) is 10.1. The van der Waals surface area contributed by atoms with Gasteiger partial charge in [-0.1, -0.05) is 30.3 Å². The molecule has 2 N–H and O–H groups in total. The number of methoxy groups -OCH3 is 1. The molecular formula is C29H26N2O5. The zero-order valence-electron chi connectivity index (χ0n) is 19.8. The van der Waals surface area contributed by atoms with Crippen molar-refractivity contribution in [2.75, 3.05) is 12.4 Å². The topological polar surface area (TPSA) is 93.7 Å². The summed E-state index contributed by atoms with van der Waals surface area (Å²) in [6, 6.07) is 24.0. The third kappa shape index (κ3) is 5.00. The first-order valence-corrected chi connectivity index (χ1v) is 11.8. The molecule has 0 saturated carbocycles. The van der Waals surface area contributed by atoms with Crippen LogP contribution in [0.3, 0.4) is 0 Å². The summed E-state index contributed by atoms with van der Waals surface area (Å²) in [5, 5.41) is 5.71. The Balaban J connectivity index is 1.30. The van der Waals surface area contributed by atoms with Gasteiger partial charge in [-0.3, -0.25) is 14.4 Å². The number of ketones is 1. The summed E-state index contributed by atoms with van der Waals surface area (Å²) < 4.78 is 11.0. The van der Waals surface area contributed by atoms with Crippen LogP contribution >= 0.6 is 0 Å². The highest BCUT2D eigenvalue weighted by atomic mass is 16.5. The van der Waals surface area contributed by atoms with E-state index in [1.165, 1.54) is 0 Å². The summed E-state index contributed by atoms with van der Waals surface area (Å²) in [6.45, 7) is 0. The van der Waals surface area contributed by atoms with Gasteiger partial charge in [0.05, 0.1) is 13.0 Å². The monoisotopic (exact) mass is 482 g/mol. The second-order valence-electron chi connectivity index (χ2n) is 8.93. The zero-order chi connectivity index (χ0) is 25.1. The summed E-state index contributed by atoms with van der Waals surface area (Å²) in [5.74, 6) is 0.458. The van der Waals surface area contributed by atoms with Gasteiger partial charge in [-0.2, -0.15) is 0 Å². The minimum atomic E-state index is -0.821. The molecule has 1 heterocycles. The minimum Gasteiger partial charge on any atom is -0.497 e. The van der Waals surface area contributed by atoms with E-state index in [1.54, 1.807) is 31.4 Å². The normalized spacial score (nSPS) is 19.2. The van der Waals surface area contributed by atoms with Crippen LogP contribution in [0.2, 0.25) is 0 Å². The molecule has 1 aliphatic carbocycles.